The van der Waals surface area contributed by atoms with Crippen LogP contribution in [0.3, 0.4) is 0 Å². The van der Waals surface area contributed by atoms with E-state index in [4.69, 9.17) is 5.73 Å². The average molecular weight is 243 g/mol. The molecule has 2 heterocycles. The van der Waals surface area contributed by atoms with Crippen LogP contribution in [-0.4, -0.2) is 21.5 Å². The molecule has 5 heteroatoms. The summed E-state index contributed by atoms with van der Waals surface area (Å²) in [5, 5.41) is 3.42. The third-order valence-electron chi connectivity index (χ3n) is 2.70. The van der Waals surface area contributed by atoms with E-state index in [2.05, 4.69) is 27.2 Å². The van der Waals surface area contributed by atoms with Crippen LogP contribution in [0.25, 0.3) is 0 Å². The van der Waals surface area contributed by atoms with E-state index >= 15 is 0 Å². The molecule has 0 aliphatic carbocycles. The van der Waals surface area contributed by atoms with E-state index in [1.54, 1.807) is 18.7 Å². The molecule has 1 unspecified atom stereocenters. The van der Waals surface area contributed by atoms with Gasteiger partial charge in [-0.25, -0.2) is 15.0 Å². The monoisotopic (exact) mass is 243 g/mol. The van der Waals surface area contributed by atoms with Gasteiger partial charge in [-0.05, 0) is 36.7 Å². The van der Waals surface area contributed by atoms with Crippen LogP contribution in [0, 0.1) is 0 Å². The Bertz CT molecular complexity index is 486. The number of rotatable bonds is 5. The highest BCUT2D eigenvalue weighted by Crippen LogP contribution is 2.16. The van der Waals surface area contributed by atoms with Crippen molar-refractivity contribution in [2.75, 3.05) is 12.3 Å². The molecule has 3 N–H and O–H groups in total. The maximum Gasteiger partial charge on any atom is 0.123 e. The van der Waals surface area contributed by atoms with E-state index in [0.29, 0.717) is 5.82 Å². The molecule has 0 radical (unpaired) electrons. The SMILES string of the molecule is CCNC(Cc1ccnc(N)c1)c1ccncn1. The lowest BCUT2D eigenvalue weighted by molar-refractivity contribution is 0.535. The molecule has 18 heavy (non-hydrogen) atoms. The van der Waals surface area contributed by atoms with Gasteiger partial charge in [-0.15, -0.1) is 0 Å². The predicted octanol–water partition coefficient (Wildman–Crippen LogP) is 1.35. The van der Waals surface area contributed by atoms with Crippen LogP contribution in [0.15, 0.2) is 36.9 Å². The summed E-state index contributed by atoms with van der Waals surface area (Å²) >= 11 is 0. The lowest BCUT2D eigenvalue weighted by Crippen LogP contribution is -2.24. The molecule has 0 spiro atoms. The second kappa shape index (κ2) is 6.07. The van der Waals surface area contributed by atoms with E-state index in [1.165, 1.54) is 0 Å². The van der Waals surface area contributed by atoms with Gasteiger partial charge in [0, 0.05) is 12.4 Å². The van der Waals surface area contributed by atoms with Gasteiger partial charge in [0.1, 0.15) is 12.1 Å². The molecular weight excluding hydrogens is 226 g/mol. The van der Waals surface area contributed by atoms with Crippen molar-refractivity contribution in [2.24, 2.45) is 0 Å². The molecule has 0 aliphatic heterocycles. The Hall–Kier alpha value is -2.01. The largest absolute Gasteiger partial charge is 0.384 e. The molecule has 2 rings (SSSR count). The Kier molecular flexibility index (Phi) is 4.20. The lowest BCUT2D eigenvalue weighted by atomic mass is 10.0. The van der Waals surface area contributed by atoms with E-state index in [-0.39, 0.29) is 6.04 Å². The van der Waals surface area contributed by atoms with Crippen LogP contribution in [0.4, 0.5) is 5.82 Å². The summed E-state index contributed by atoms with van der Waals surface area (Å²) in [6.45, 7) is 2.96. The Labute approximate surface area is 106 Å². The van der Waals surface area contributed by atoms with E-state index in [9.17, 15) is 0 Å². The summed E-state index contributed by atoms with van der Waals surface area (Å²) in [6, 6.07) is 5.96. The van der Waals surface area contributed by atoms with E-state index in [0.717, 1.165) is 24.2 Å². The fourth-order valence-electron chi connectivity index (χ4n) is 1.89. The number of nitrogens with two attached hydrogens (primary N) is 1. The zero-order valence-electron chi connectivity index (χ0n) is 10.4. The third kappa shape index (κ3) is 3.24. The molecule has 2 aromatic heterocycles. The summed E-state index contributed by atoms with van der Waals surface area (Å²) in [5.74, 6) is 0.547. The van der Waals surface area contributed by atoms with Gasteiger partial charge in [-0.1, -0.05) is 6.92 Å². The van der Waals surface area contributed by atoms with Crippen molar-refractivity contribution in [2.45, 2.75) is 19.4 Å². The second-order valence-corrected chi connectivity index (χ2v) is 4.04. The molecular formula is C13H17N5. The first-order chi connectivity index (χ1) is 8.79. The molecule has 0 aliphatic rings. The number of hydrogen-bond donors (Lipinski definition) is 2. The zero-order chi connectivity index (χ0) is 12.8. The fourth-order valence-corrected chi connectivity index (χ4v) is 1.89. The Morgan fingerprint density at radius 1 is 1.28 bits per heavy atom. The van der Waals surface area contributed by atoms with Gasteiger partial charge in [0.2, 0.25) is 0 Å². The first kappa shape index (κ1) is 12.4. The highest BCUT2D eigenvalue weighted by atomic mass is 14.9. The first-order valence-corrected chi connectivity index (χ1v) is 5.99. The number of nitrogen functional groups attached to an aromatic ring is 1. The molecule has 0 saturated heterocycles. The number of nitrogens with zero attached hydrogens (tertiary/aromatic N) is 3. The number of nitrogens with one attached hydrogen (secondary N) is 1. The third-order valence-corrected chi connectivity index (χ3v) is 2.70. The Morgan fingerprint density at radius 3 is 2.83 bits per heavy atom. The zero-order valence-corrected chi connectivity index (χ0v) is 10.4. The second-order valence-electron chi connectivity index (χ2n) is 4.04. The van der Waals surface area contributed by atoms with Gasteiger partial charge >= 0.3 is 0 Å². The normalized spacial score (nSPS) is 12.3. The van der Waals surface area contributed by atoms with Crippen molar-refractivity contribution in [1.82, 2.24) is 20.3 Å². The molecule has 1 atom stereocenters. The first-order valence-electron chi connectivity index (χ1n) is 5.99. The fraction of sp³-hybridized carbons (Fsp3) is 0.308. The molecule has 0 saturated carbocycles. The molecule has 94 valence electrons. The van der Waals surface area contributed by atoms with Gasteiger partial charge < -0.3 is 11.1 Å². The topological polar surface area (TPSA) is 76.7 Å². The van der Waals surface area contributed by atoms with E-state index < -0.39 is 0 Å². The van der Waals surface area contributed by atoms with Gasteiger partial charge in [-0.3, -0.25) is 0 Å². The summed E-state index contributed by atoms with van der Waals surface area (Å²) in [6.07, 6.45) is 5.89. The van der Waals surface area contributed by atoms with Crippen LogP contribution in [0.5, 0.6) is 0 Å². The summed E-state index contributed by atoms with van der Waals surface area (Å²) in [4.78, 5) is 12.2. The number of anilines is 1. The molecule has 0 aromatic carbocycles. The minimum atomic E-state index is 0.166. The maximum absolute atomic E-state index is 5.69. The van der Waals surface area contributed by atoms with E-state index in [1.807, 2.05) is 18.2 Å². The molecule has 5 nitrogen and oxygen atoms in total. The molecule has 0 fully saturated rings. The van der Waals surface area contributed by atoms with Crippen LogP contribution in [0.1, 0.15) is 24.2 Å². The number of likely N-dealkylation sites (N-methyl/N-ethyl adjacent to an activating group) is 1. The van der Waals surface area contributed by atoms with Crippen LogP contribution in [-0.2, 0) is 6.42 Å². The van der Waals surface area contributed by atoms with Crippen LogP contribution >= 0.6 is 0 Å². The van der Waals surface area contributed by atoms with Crippen LogP contribution < -0.4 is 11.1 Å². The number of hydrogen-bond acceptors (Lipinski definition) is 5. The summed E-state index contributed by atoms with van der Waals surface area (Å²) in [7, 11) is 0. The van der Waals surface area contributed by atoms with Gasteiger partial charge in [0.05, 0.1) is 11.7 Å². The predicted molar refractivity (Wildman–Crippen MR) is 70.8 cm³/mol. The molecule has 2 aromatic rings. The number of pyridine rings is 1. The summed E-state index contributed by atoms with van der Waals surface area (Å²) in [5.41, 5.74) is 7.82. The quantitative estimate of drug-likeness (QED) is 0.829. The van der Waals surface area contributed by atoms with Crippen molar-refractivity contribution in [3.05, 3.63) is 48.2 Å². The highest BCUT2D eigenvalue weighted by molar-refractivity contribution is 5.32. The molecule has 0 amide bonds. The van der Waals surface area contributed by atoms with Gasteiger partial charge in [0.15, 0.2) is 0 Å². The van der Waals surface area contributed by atoms with Crippen LogP contribution in [0.2, 0.25) is 0 Å². The molecule has 0 bridgehead atoms. The highest BCUT2D eigenvalue weighted by Gasteiger charge is 2.12. The maximum atomic E-state index is 5.69. The average Bonchev–Trinajstić information content (AvgIpc) is 2.39. The van der Waals surface area contributed by atoms with Gasteiger partial charge in [0.25, 0.3) is 0 Å². The van der Waals surface area contributed by atoms with Crippen molar-refractivity contribution in [3.8, 4) is 0 Å². The summed E-state index contributed by atoms with van der Waals surface area (Å²) < 4.78 is 0. The minimum Gasteiger partial charge on any atom is -0.384 e. The lowest BCUT2D eigenvalue weighted by Gasteiger charge is -2.17. The van der Waals surface area contributed by atoms with Crippen molar-refractivity contribution in [3.63, 3.8) is 0 Å². The Balaban J connectivity index is 2.16. The number of aromatic nitrogens is 3. The minimum absolute atomic E-state index is 0.166. The van der Waals surface area contributed by atoms with Crippen molar-refractivity contribution >= 4 is 5.82 Å². The van der Waals surface area contributed by atoms with Gasteiger partial charge in [-0.2, -0.15) is 0 Å². The smallest absolute Gasteiger partial charge is 0.123 e. The van der Waals surface area contributed by atoms with Crippen molar-refractivity contribution in [1.29, 1.82) is 0 Å². The Morgan fingerprint density at radius 2 is 2.17 bits per heavy atom. The van der Waals surface area contributed by atoms with Crippen molar-refractivity contribution < 1.29 is 0 Å². The standard InChI is InChI=1S/C13H17N5/c1-2-16-12(11-4-5-15-9-18-11)7-10-3-6-17-13(14)8-10/h3-6,8-9,12,16H,2,7H2,1H3,(H2,14,17).